The summed E-state index contributed by atoms with van der Waals surface area (Å²) in [6.07, 6.45) is 0.453. The zero-order chi connectivity index (χ0) is 11.0. The predicted octanol–water partition coefficient (Wildman–Crippen LogP) is 1.77. The van der Waals surface area contributed by atoms with Crippen LogP contribution in [0.3, 0.4) is 0 Å². The summed E-state index contributed by atoms with van der Waals surface area (Å²) in [6, 6.07) is 2.90. The molecule has 1 heterocycles. The first-order valence-corrected chi connectivity index (χ1v) is 4.85. The Balaban J connectivity index is 2.35. The molecule has 0 spiro atoms. The molecule has 0 bridgehead atoms. The number of hydrogen-bond donors (Lipinski definition) is 2. The van der Waals surface area contributed by atoms with E-state index in [1.807, 2.05) is 0 Å². The van der Waals surface area contributed by atoms with Crippen LogP contribution in [0.15, 0.2) is 12.1 Å². The van der Waals surface area contributed by atoms with Gasteiger partial charge in [-0.25, -0.2) is 4.79 Å². The Kier molecular flexibility index (Phi) is 2.44. The highest BCUT2D eigenvalue weighted by Crippen LogP contribution is 2.35. The Bertz CT molecular complexity index is 419. The van der Waals surface area contributed by atoms with Gasteiger partial charge in [-0.1, -0.05) is 11.6 Å². The van der Waals surface area contributed by atoms with E-state index in [0.29, 0.717) is 17.2 Å². The van der Waals surface area contributed by atoms with Crippen molar-refractivity contribution in [3.05, 3.63) is 22.7 Å². The molecule has 0 aromatic heterocycles. The number of carbonyl (C=O) groups is 1. The van der Waals surface area contributed by atoms with Crippen LogP contribution in [0.2, 0.25) is 5.02 Å². The molecule has 80 valence electrons. The molecule has 1 unspecified atom stereocenters. The van der Waals surface area contributed by atoms with Gasteiger partial charge in [0.15, 0.2) is 0 Å². The first kappa shape index (κ1) is 10.1. The fourth-order valence-electron chi connectivity index (χ4n) is 1.66. The van der Waals surface area contributed by atoms with Crippen molar-refractivity contribution in [1.82, 2.24) is 0 Å². The van der Waals surface area contributed by atoms with Gasteiger partial charge in [-0.3, -0.25) is 0 Å². The number of rotatable bonds is 2. The van der Waals surface area contributed by atoms with E-state index in [1.54, 1.807) is 12.1 Å². The second kappa shape index (κ2) is 3.62. The molecule has 0 radical (unpaired) electrons. The topological polar surface area (TPSA) is 58.6 Å². The van der Waals surface area contributed by atoms with E-state index in [9.17, 15) is 4.79 Å². The van der Waals surface area contributed by atoms with Gasteiger partial charge in [0, 0.05) is 18.2 Å². The smallest absolute Gasteiger partial charge is 0.326 e. The predicted molar refractivity (Wildman–Crippen MR) is 56.8 cm³/mol. The average Bonchev–Trinajstić information content (AvgIpc) is 2.59. The maximum Gasteiger partial charge on any atom is 0.326 e. The highest BCUT2D eigenvalue weighted by Gasteiger charge is 2.27. The van der Waals surface area contributed by atoms with Crippen molar-refractivity contribution in [2.45, 2.75) is 12.5 Å². The second-order valence-corrected chi connectivity index (χ2v) is 3.79. The molecule has 1 aliphatic rings. The fraction of sp³-hybridized carbons (Fsp3) is 0.300. The van der Waals surface area contributed by atoms with E-state index in [4.69, 9.17) is 21.4 Å². The summed E-state index contributed by atoms with van der Waals surface area (Å²) in [5.41, 5.74) is 1.69. The molecule has 1 aromatic carbocycles. The summed E-state index contributed by atoms with van der Waals surface area (Å²) in [4.78, 5) is 10.8. The van der Waals surface area contributed by atoms with E-state index in [-0.39, 0.29) is 0 Å². The maximum absolute atomic E-state index is 10.8. The molecular weight excluding hydrogens is 218 g/mol. The zero-order valence-electron chi connectivity index (χ0n) is 8.08. The Morgan fingerprint density at radius 3 is 3.00 bits per heavy atom. The number of halogens is 1. The fourth-order valence-corrected chi connectivity index (χ4v) is 1.93. The first-order valence-electron chi connectivity index (χ1n) is 4.47. The summed E-state index contributed by atoms with van der Waals surface area (Å²) in [7, 11) is 1.53. The van der Waals surface area contributed by atoms with E-state index >= 15 is 0 Å². The minimum atomic E-state index is -0.860. The van der Waals surface area contributed by atoms with E-state index < -0.39 is 12.0 Å². The third-order valence-electron chi connectivity index (χ3n) is 2.43. The molecule has 0 fully saturated rings. The first-order chi connectivity index (χ1) is 7.11. The van der Waals surface area contributed by atoms with Gasteiger partial charge >= 0.3 is 5.97 Å². The number of anilines is 1. The van der Waals surface area contributed by atoms with Crippen LogP contribution in [0.5, 0.6) is 5.75 Å². The number of hydrogen-bond acceptors (Lipinski definition) is 3. The third-order valence-corrected chi connectivity index (χ3v) is 2.72. The van der Waals surface area contributed by atoms with Crippen molar-refractivity contribution >= 4 is 23.3 Å². The molecule has 1 atom stereocenters. The van der Waals surface area contributed by atoms with Crippen molar-refractivity contribution in [1.29, 1.82) is 0 Å². The lowest BCUT2D eigenvalue weighted by Gasteiger charge is -2.06. The summed E-state index contributed by atoms with van der Waals surface area (Å²) in [5.74, 6) is -0.310. The number of fused-ring (bicyclic) bond motifs is 1. The van der Waals surface area contributed by atoms with Crippen LogP contribution in [0.25, 0.3) is 0 Å². The molecule has 0 saturated carbocycles. The van der Waals surface area contributed by atoms with Crippen LogP contribution < -0.4 is 10.1 Å². The van der Waals surface area contributed by atoms with Gasteiger partial charge in [0.1, 0.15) is 11.8 Å². The number of carboxylic acid groups (broad SMARTS) is 1. The standard InChI is InChI=1S/C10H10ClNO3/c1-15-9-4-7-5(2-6(9)11)3-8(12-7)10(13)14/h2,4,8,12H,3H2,1H3,(H,13,14). The monoisotopic (exact) mass is 227 g/mol. The largest absolute Gasteiger partial charge is 0.495 e. The molecule has 5 heteroatoms. The van der Waals surface area contributed by atoms with Gasteiger partial charge in [0.05, 0.1) is 12.1 Å². The van der Waals surface area contributed by atoms with Crippen molar-refractivity contribution < 1.29 is 14.6 Å². The van der Waals surface area contributed by atoms with Crippen LogP contribution in [-0.4, -0.2) is 24.2 Å². The molecule has 0 amide bonds. The number of carboxylic acids is 1. The number of ether oxygens (including phenoxy) is 1. The summed E-state index contributed by atoms with van der Waals surface area (Å²) < 4.78 is 5.05. The minimum Gasteiger partial charge on any atom is -0.495 e. The highest BCUT2D eigenvalue weighted by molar-refractivity contribution is 6.32. The van der Waals surface area contributed by atoms with E-state index in [0.717, 1.165) is 11.3 Å². The molecule has 2 rings (SSSR count). The Hall–Kier alpha value is -1.42. The quantitative estimate of drug-likeness (QED) is 0.809. The zero-order valence-corrected chi connectivity index (χ0v) is 8.84. The Morgan fingerprint density at radius 2 is 2.40 bits per heavy atom. The van der Waals surface area contributed by atoms with Crippen LogP contribution in [0.1, 0.15) is 5.56 Å². The van der Waals surface area contributed by atoms with Crippen molar-refractivity contribution in [2.24, 2.45) is 0 Å². The molecule has 4 nitrogen and oxygen atoms in total. The van der Waals surface area contributed by atoms with Crippen LogP contribution in [-0.2, 0) is 11.2 Å². The molecule has 1 aliphatic heterocycles. The summed E-state index contributed by atoms with van der Waals surface area (Å²) in [5, 5.41) is 12.3. The SMILES string of the molecule is COc1cc2c(cc1Cl)CC(C(=O)O)N2. The lowest BCUT2D eigenvalue weighted by molar-refractivity contribution is -0.137. The van der Waals surface area contributed by atoms with Crippen molar-refractivity contribution in [3.63, 3.8) is 0 Å². The Morgan fingerprint density at radius 1 is 1.67 bits per heavy atom. The molecule has 0 aliphatic carbocycles. The molecule has 0 saturated heterocycles. The van der Waals surface area contributed by atoms with Crippen LogP contribution in [0.4, 0.5) is 5.69 Å². The van der Waals surface area contributed by atoms with E-state index in [2.05, 4.69) is 5.32 Å². The van der Waals surface area contributed by atoms with Crippen molar-refractivity contribution in [3.8, 4) is 5.75 Å². The number of methoxy groups -OCH3 is 1. The third kappa shape index (κ3) is 1.72. The minimum absolute atomic E-state index is 0.453. The van der Waals surface area contributed by atoms with Gasteiger partial charge in [-0.2, -0.15) is 0 Å². The van der Waals surface area contributed by atoms with Gasteiger partial charge < -0.3 is 15.2 Å². The van der Waals surface area contributed by atoms with Gasteiger partial charge in [0.2, 0.25) is 0 Å². The number of nitrogens with one attached hydrogen (secondary N) is 1. The van der Waals surface area contributed by atoms with Crippen molar-refractivity contribution in [2.75, 3.05) is 12.4 Å². The van der Waals surface area contributed by atoms with E-state index in [1.165, 1.54) is 7.11 Å². The maximum atomic E-state index is 10.8. The van der Waals surface area contributed by atoms with Gasteiger partial charge in [0.25, 0.3) is 0 Å². The number of aliphatic carboxylic acids is 1. The number of benzene rings is 1. The van der Waals surface area contributed by atoms with Crippen LogP contribution in [0, 0.1) is 0 Å². The second-order valence-electron chi connectivity index (χ2n) is 3.38. The lowest BCUT2D eigenvalue weighted by Crippen LogP contribution is -2.26. The summed E-state index contributed by atoms with van der Waals surface area (Å²) >= 11 is 5.94. The van der Waals surface area contributed by atoms with Gasteiger partial charge in [-0.05, 0) is 11.6 Å². The Labute approximate surface area is 91.8 Å². The lowest BCUT2D eigenvalue weighted by atomic mass is 10.1. The molecule has 1 aromatic rings. The molecule has 15 heavy (non-hydrogen) atoms. The van der Waals surface area contributed by atoms with Crippen LogP contribution >= 0.6 is 11.6 Å². The average molecular weight is 228 g/mol. The molecular formula is C10H10ClNO3. The normalized spacial score (nSPS) is 18.1. The highest BCUT2D eigenvalue weighted by atomic mass is 35.5. The molecule has 2 N–H and O–H groups in total. The summed E-state index contributed by atoms with van der Waals surface area (Å²) in [6.45, 7) is 0. The van der Waals surface area contributed by atoms with Gasteiger partial charge in [-0.15, -0.1) is 0 Å².